The smallest absolute Gasteiger partial charge is 0.242 e. The molecule has 0 saturated carbocycles. The SMILES string of the molecule is CCCC[C@@H]1NC[C@H](C(=O)C2C[C@H](C(=O)NCCCCCCCN)NC(=O)[C@H]2CCCNC(=N)N)NC1=O. The number of piperidine rings is 1. The highest BCUT2D eigenvalue weighted by atomic mass is 16.2. The maximum atomic E-state index is 13.6. The molecule has 2 aliphatic heterocycles. The van der Waals surface area contributed by atoms with E-state index in [1.807, 2.05) is 0 Å². The van der Waals surface area contributed by atoms with Crippen LogP contribution in [0.15, 0.2) is 0 Å². The first kappa shape index (κ1) is 31.5. The van der Waals surface area contributed by atoms with Crippen LogP contribution in [0.2, 0.25) is 0 Å². The van der Waals surface area contributed by atoms with Gasteiger partial charge in [0.25, 0.3) is 0 Å². The van der Waals surface area contributed by atoms with Crippen molar-refractivity contribution in [3.63, 3.8) is 0 Å². The van der Waals surface area contributed by atoms with Crippen molar-refractivity contribution in [1.82, 2.24) is 26.6 Å². The third-order valence-corrected chi connectivity index (χ3v) is 7.39. The van der Waals surface area contributed by atoms with Gasteiger partial charge in [0.1, 0.15) is 12.1 Å². The summed E-state index contributed by atoms with van der Waals surface area (Å²) in [6.45, 7) is 3.95. The van der Waals surface area contributed by atoms with Gasteiger partial charge in [0.15, 0.2) is 11.7 Å². The molecule has 1 unspecified atom stereocenters. The zero-order valence-electron chi connectivity index (χ0n) is 22.8. The van der Waals surface area contributed by atoms with Gasteiger partial charge in [-0.05, 0) is 45.1 Å². The summed E-state index contributed by atoms with van der Waals surface area (Å²) in [4.78, 5) is 52.2. The summed E-state index contributed by atoms with van der Waals surface area (Å²) in [6.07, 6.45) is 8.65. The number of guanidine groups is 1. The Morgan fingerprint density at radius 1 is 0.921 bits per heavy atom. The summed E-state index contributed by atoms with van der Waals surface area (Å²) >= 11 is 0. The Balaban J connectivity index is 2.00. The molecule has 0 aromatic rings. The lowest BCUT2D eigenvalue weighted by Gasteiger charge is -2.38. The Morgan fingerprint density at radius 2 is 1.61 bits per heavy atom. The molecular formula is C26H48N8O4. The highest BCUT2D eigenvalue weighted by Crippen LogP contribution is 2.30. The van der Waals surface area contributed by atoms with Crippen LogP contribution in [-0.2, 0) is 19.2 Å². The number of carbonyl (C=O) groups excluding carboxylic acids is 4. The molecule has 2 rings (SSSR count). The number of carbonyl (C=O) groups is 4. The molecule has 10 N–H and O–H groups in total. The van der Waals surface area contributed by atoms with Gasteiger partial charge in [-0.15, -0.1) is 0 Å². The van der Waals surface area contributed by atoms with E-state index in [-0.39, 0.29) is 41.9 Å². The van der Waals surface area contributed by atoms with Gasteiger partial charge in [-0.1, -0.05) is 39.0 Å². The van der Waals surface area contributed by atoms with Gasteiger partial charge in [0.05, 0.1) is 6.04 Å². The summed E-state index contributed by atoms with van der Waals surface area (Å²) in [5, 5.41) is 21.7. The Kier molecular flexibility index (Phi) is 14.1. The van der Waals surface area contributed by atoms with E-state index in [0.717, 1.165) is 44.9 Å². The number of nitrogens with one attached hydrogen (secondary N) is 6. The molecule has 0 radical (unpaired) electrons. The quantitative estimate of drug-likeness (QED) is 0.0696. The first-order valence-electron chi connectivity index (χ1n) is 14.2. The summed E-state index contributed by atoms with van der Waals surface area (Å²) < 4.78 is 0. The fourth-order valence-electron chi connectivity index (χ4n) is 5.19. The van der Waals surface area contributed by atoms with Crippen LogP contribution < -0.4 is 38.1 Å². The molecular weight excluding hydrogens is 488 g/mol. The van der Waals surface area contributed by atoms with Crippen molar-refractivity contribution in [1.29, 1.82) is 5.41 Å². The molecule has 0 aromatic carbocycles. The van der Waals surface area contributed by atoms with Gasteiger partial charge in [-0.3, -0.25) is 24.6 Å². The molecule has 3 amide bonds. The highest BCUT2D eigenvalue weighted by molar-refractivity contribution is 5.99. The van der Waals surface area contributed by atoms with Gasteiger partial charge in [0.2, 0.25) is 17.7 Å². The largest absolute Gasteiger partial charge is 0.370 e. The third kappa shape index (κ3) is 10.2. The van der Waals surface area contributed by atoms with Gasteiger partial charge in [-0.25, -0.2) is 0 Å². The lowest BCUT2D eigenvalue weighted by atomic mass is 9.75. The second-order valence-corrected chi connectivity index (χ2v) is 10.4. The van der Waals surface area contributed by atoms with Crippen molar-refractivity contribution in [3.8, 4) is 0 Å². The van der Waals surface area contributed by atoms with Crippen LogP contribution in [0, 0.1) is 17.2 Å². The molecule has 0 bridgehead atoms. The molecule has 2 saturated heterocycles. The van der Waals surface area contributed by atoms with E-state index in [4.69, 9.17) is 16.9 Å². The minimum atomic E-state index is -0.801. The number of rotatable bonds is 17. The fraction of sp³-hybridized carbons (Fsp3) is 0.808. The monoisotopic (exact) mass is 536 g/mol. The summed E-state index contributed by atoms with van der Waals surface area (Å²) in [6, 6.07) is -1.87. The van der Waals surface area contributed by atoms with E-state index in [1.165, 1.54) is 0 Å². The number of amides is 3. The molecule has 12 nitrogen and oxygen atoms in total. The van der Waals surface area contributed by atoms with E-state index in [2.05, 4.69) is 33.5 Å². The molecule has 12 heteroatoms. The molecule has 2 heterocycles. The molecule has 5 atom stereocenters. The maximum Gasteiger partial charge on any atom is 0.242 e. The van der Waals surface area contributed by atoms with Crippen molar-refractivity contribution in [2.24, 2.45) is 23.3 Å². The topological polar surface area (TPSA) is 204 Å². The van der Waals surface area contributed by atoms with E-state index in [1.54, 1.807) is 0 Å². The van der Waals surface area contributed by atoms with Crippen LogP contribution in [0.5, 0.6) is 0 Å². The molecule has 2 fully saturated rings. The van der Waals surface area contributed by atoms with E-state index < -0.39 is 23.9 Å². The van der Waals surface area contributed by atoms with Crippen LogP contribution in [-0.4, -0.2) is 73.8 Å². The standard InChI is InChI=1S/C26H48N8O4/c1-2-3-11-19-25(38)34-21(16-32-19)22(35)18-15-20(24(37)30-13-8-6-4-5-7-12-27)33-23(36)17(18)10-9-14-31-26(28)29/h17-21,32H,2-16,27H2,1H3,(H,30,37)(H,33,36)(H,34,38)(H4,28,29,31)/t17-,18?,19-,20+,21+/m0/s1. The molecule has 0 aromatic heterocycles. The fourth-order valence-corrected chi connectivity index (χ4v) is 5.19. The predicted octanol–water partition coefficient (Wildman–Crippen LogP) is -0.388. The van der Waals surface area contributed by atoms with Crippen molar-refractivity contribution in [3.05, 3.63) is 0 Å². The van der Waals surface area contributed by atoms with E-state index in [9.17, 15) is 19.2 Å². The number of hydrogen-bond donors (Lipinski definition) is 8. The molecule has 0 aliphatic carbocycles. The Hall–Kier alpha value is -2.73. The lowest BCUT2D eigenvalue weighted by Crippen LogP contribution is -2.64. The Morgan fingerprint density at radius 3 is 2.29 bits per heavy atom. The van der Waals surface area contributed by atoms with Gasteiger partial charge in [-0.2, -0.15) is 0 Å². The van der Waals surface area contributed by atoms with Crippen LogP contribution in [0.4, 0.5) is 0 Å². The van der Waals surface area contributed by atoms with Gasteiger partial charge >= 0.3 is 0 Å². The zero-order chi connectivity index (χ0) is 27.9. The Bertz CT molecular complexity index is 808. The van der Waals surface area contributed by atoms with Crippen LogP contribution in [0.25, 0.3) is 0 Å². The minimum Gasteiger partial charge on any atom is -0.370 e. The van der Waals surface area contributed by atoms with Gasteiger partial charge in [0, 0.05) is 31.5 Å². The number of unbranched alkanes of at least 4 members (excludes halogenated alkanes) is 5. The normalized spacial score (nSPS) is 25.3. The molecule has 2 aliphatic rings. The van der Waals surface area contributed by atoms with E-state index >= 15 is 0 Å². The van der Waals surface area contributed by atoms with Gasteiger partial charge < -0.3 is 38.1 Å². The molecule has 0 spiro atoms. The van der Waals surface area contributed by atoms with Crippen molar-refractivity contribution >= 4 is 29.5 Å². The van der Waals surface area contributed by atoms with Crippen LogP contribution in [0.1, 0.15) is 77.6 Å². The molecule has 38 heavy (non-hydrogen) atoms. The summed E-state index contributed by atoms with van der Waals surface area (Å²) in [7, 11) is 0. The van der Waals surface area contributed by atoms with Crippen LogP contribution in [0.3, 0.4) is 0 Å². The third-order valence-electron chi connectivity index (χ3n) is 7.39. The van der Waals surface area contributed by atoms with Crippen molar-refractivity contribution < 1.29 is 19.2 Å². The highest BCUT2D eigenvalue weighted by Gasteiger charge is 2.45. The van der Waals surface area contributed by atoms with E-state index in [0.29, 0.717) is 45.4 Å². The second-order valence-electron chi connectivity index (χ2n) is 10.4. The predicted molar refractivity (Wildman–Crippen MR) is 146 cm³/mol. The average Bonchev–Trinajstić information content (AvgIpc) is 2.89. The first-order chi connectivity index (χ1) is 18.3. The number of Topliss-reactive ketones (excluding diaryl/α,β-unsaturated/α-hetero) is 1. The van der Waals surface area contributed by atoms with Crippen LogP contribution >= 0.6 is 0 Å². The zero-order valence-corrected chi connectivity index (χ0v) is 22.8. The lowest BCUT2D eigenvalue weighted by molar-refractivity contribution is -0.143. The number of hydrogen-bond acceptors (Lipinski definition) is 7. The Labute approximate surface area is 226 Å². The molecule has 216 valence electrons. The number of nitrogens with two attached hydrogens (primary N) is 2. The summed E-state index contributed by atoms with van der Waals surface area (Å²) in [5.74, 6) is -2.54. The van der Waals surface area contributed by atoms with Crippen molar-refractivity contribution in [2.75, 3.05) is 26.2 Å². The second kappa shape index (κ2) is 17.0. The number of ketones is 1. The van der Waals surface area contributed by atoms with Crippen molar-refractivity contribution in [2.45, 2.75) is 95.7 Å². The summed E-state index contributed by atoms with van der Waals surface area (Å²) in [5.41, 5.74) is 10.9. The maximum absolute atomic E-state index is 13.6. The average molecular weight is 537 g/mol. The minimum absolute atomic E-state index is 0.157. The number of piperazine rings is 1. The first-order valence-corrected chi connectivity index (χ1v) is 14.2.